The van der Waals surface area contributed by atoms with E-state index < -0.39 is 6.10 Å². The standard InChI is InChI=1S/C21H27N5O4/c1-28-7-8-30-20-18-19(24-21(22)25-20)26(13-23-18)16-9-15(17(27)10-16)12-29-11-14-5-3-2-4-6-14/h2-6,13,15-17,27H,7-12H2,1H3,(H2,22,24,25)/t15-,16-,17+/m1/s1. The number of aliphatic hydroxyl groups excluding tert-OH is 1. The Kier molecular flexibility index (Phi) is 6.41. The molecule has 4 rings (SSSR count). The number of aliphatic hydroxyl groups is 1. The quantitative estimate of drug-likeness (QED) is 0.511. The van der Waals surface area contributed by atoms with Gasteiger partial charge in [0, 0.05) is 19.1 Å². The summed E-state index contributed by atoms with van der Waals surface area (Å²) in [6.07, 6.45) is 2.65. The van der Waals surface area contributed by atoms with E-state index in [4.69, 9.17) is 19.9 Å². The van der Waals surface area contributed by atoms with Gasteiger partial charge in [0.15, 0.2) is 11.2 Å². The first kappa shape index (κ1) is 20.5. The second-order valence-corrected chi connectivity index (χ2v) is 7.51. The van der Waals surface area contributed by atoms with E-state index in [0.717, 1.165) is 12.0 Å². The molecule has 1 aromatic carbocycles. The molecule has 2 heterocycles. The van der Waals surface area contributed by atoms with E-state index in [0.29, 0.717) is 49.9 Å². The topological polar surface area (TPSA) is 118 Å². The number of imidazole rings is 1. The molecule has 1 saturated carbocycles. The molecule has 0 amide bonds. The summed E-state index contributed by atoms with van der Waals surface area (Å²) in [5, 5.41) is 10.6. The van der Waals surface area contributed by atoms with Gasteiger partial charge in [0.05, 0.1) is 32.3 Å². The third kappa shape index (κ3) is 4.53. The first-order valence-electron chi connectivity index (χ1n) is 10.1. The Hall–Kier alpha value is -2.75. The van der Waals surface area contributed by atoms with E-state index in [1.165, 1.54) is 0 Å². The molecule has 9 nitrogen and oxygen atoms in total. The van der Waals surface area contributed by atoms with Crippen molar-refractivity contribution in [1.29, 1.82) is 0 Å². The molecule has 9 heteroatoms. The molecule has 2 aromatic heterocycles. The number of ether oxygens (including phenoxy) is 3. The Morgan fingerprint density at radius 3 is 2.80 bits per heavy atom. The summed E-state index contributed by atoms with van der Waals surface area (Å²) in [6, 6.07) is 10.1. The summed E-state index contributed by atoms with van der Waals surface area (Å²) in [7, 11) is 1.60. The van der Waals surface area contributed by atoms with Crippen molar-refractivity contribution in [3.8, 4) is 5.88 Å². The molecule has 160 valence electrons. The van der Waals surface area contributed by atoms with Gasteiger partial charge < -0.3 is 29.6 Å². The summed E-state index contributed by atoms with van der Waals surface area (Å²) in [6.45, 7) is 1.82. The van der Waals surface area contributed by atoms with Gasteiger partial charge in [-0.1, -0.05) is 30.3 Å². The number of fused-ring (bicyclic) bond motifs is 1. The summed E-state index contributed by atoms with van der Waals surface area (Å²) < 4.78 is 18.5. The lowest BCUT2D eigenvalue weighted by Crippen LogP contribution is -2.18. The van der Waals surface area contributed by atoms with Crippen LogP contribution in [0.5, 0.6) is 5.88 Å². The van der Waals surface area contributed by atoms with E-state index >= 15 is 0 Å². The average molecular weight is 413 g/mol. The van der Waals surface area contributed by atoms with E-state index in [2.05, 4.69) is 15.0 Å². The highest BCUT2D eigenvalue weighted by atomic mass is 16.5. The highest BCUT2D eigenvalue weighted by molar-refractivity contribution is 5.77. The molecule has 3 atom stereocenters. The Bertz CT molecular complexity index is 965. The largest absolute Gasteiger partial charge is 0.474 e. The van der Waals surface area contributed by atoms with Crippen LogP contribution in [-0.4, -0.2) is 57.7 Å². The Balaban J connectivity index is 1.43. The molecule has 1 aliphatic carbocycles. The molecule has 0 radical (unpaired) electrons. The lowest BCUT2D eigenvalue weighted by Gasteiger charge is -2.15. The van der Waals surface area contributed by atoms with Crippen LogP contribution in [0.15, 0.2) is 36.7 Å². The Labute approximate surface area is 174 Å². The molecule has 0 aliphatic heterocycles. The van der Waals surface area contributed by atoms with Crippen LogP contribution in [0.2, 0.25) is 0 Å². The van der Waals surface area contributed by atoms with Gasteiger partial charge in [0.1, 0.15) is 6.61 Å². The molecule has 0 unspecified atom stereocenters. The van der Waals surface area contributed by atoms with Crippen LogP contribution in [0.25, 0.3) is 11.2 Å². The molecule has 30 heavy (non-hydrogen) atoms. The lowest BCUT2D eigenvalue weighted by molar-refractivity contribution is 0.0367. The van der Waals surface area contributed by atoms with Crippen molar-refractivity contribution >= 4 is 17.1 Å². The van der Waals surface area contributed by atoms with Crippen molar-refractivity contribution in [2.75, 3.05) is 32.7 Å². The van der Waals surface area contributed by atoms with Crippen LogP contribution in [0, 0.1) is 5.92 Å². The SMILES string of the molecule is COCCOc1nc(N)nc2c1ncn2[C@@H]1C[C@H](COCc2ccccc2)[C@@H](O)C1. The number of nitrogen functional groups attached to an aromatic ring is 1. The number of methoxy groups -OCH3 is 1. The Morgan fingerprint density at radius 2 is 2.00 bits per heavy atom. The number of aromatic nitrogens is 4. The van der Waals surface area contributed by atoms with E-state index in [-0.39, 0.29) is 17.9 Å². The van der Waals surface area contributed by atoms with Gasteiger partial charge >= 0.3 is 0 Å². The molecule has 0 bridgehead atoms. The zero-order valence-electron chi connectivity index (χ0n) is 17.0. The maximum absolute atomic E-state index is 10.6. The van der Waals surface area contributed by atoms with Crippen LogP contribution in [0.4, 0.5) is 5.95 Å². The second-order valence-electron chi connectivity index (χ2n) is 7.51. The van der Waals surface area contributed by atoms with Crippen molar-refractivity contribution in [2.45, 2.75) is 31.6 Å². The first-order valence-corrected chi connectivity index (χ1v) is 10.1. The third-order valence-corrected chi connectivity index (χ3v) is 5.40. The van der Waals surface area contributed by atoms with E-state index in [1.807, 2.05) is 34.9 Å². The normalized spacial score (nSPS) is 21.3. The number of hydrogen-bond acceptors (Lipinski definition) is 8. The summed E-state index contributed by atoms with van der Waals surface area (Å²) in [5.41, 5.74) is 8.17. The molecule has 1 fully saturated rings. The molecule has 1 aliphatic rings. The number of rotatable bonds is 9. The van der Waals surface area contributed by atoms with Crippen LogP contribution in [-0.2, 0) is 16.1 Å². The minimum Gasteiger partial charge on any atom is -0.474 e. The zero-order chi connectivity index (χ0) is 20.9. The van der Waals surface area contributed by atoms with Gasteiger partial charge in [-0.3, -0.25) is 0 Å². The highest BCUT2D eigenvalue weighted by Gasteiger charge is 2.35. The monoisotopic (exact) mass is 413 g/mol. The van der Waals surface area contributed by atoms with Gasteiger partial charge in [0.25, 0.3) is 0 Å². The van der Waals surface area contributed by atoms with Crippen molar-refractivity contribution in [3.63, 3.8) is 0 Å². The fourth-order valence-corrected chi connectivity index (χ4v) is 3.88. The van der Waals surface area contributed by atoms with Gasteiger partial charge in [-0.2, -0.15) is 9.97 Å². The summed E-state index contributed by atoms with van der Waals surface area (Å²) >= 11 is 0. The fourth-order valence-electron chi connectivity index (χ4n) is 3.88. The predicted octanol–water partition coefficient (Wildman–Crippen LogP) is 1.96. The van der Waals surface area contributed by atoms with Gasteiger partial charge in [0.2, 0.25) is 11.8 Å². The van der Waals surface area contributed by atoms with Gasteiger partial charge in [-0.15, -0.1) is 0 Å². The molecule has 0 saturated heterocycles. The molecular weight excluding hydrogens is 386 g/mol. The molecule has 3 N–H and O–H groups in total. The maximum Gasteiger partial charge on any atom is 0.247 e. The summed E-state index contributed by atoms with van der Waals surface area (Å²) in [4.78, 5) is 13.0. The van der Waals surface area contributed by atoms with Crippen molar-refractivity contribution < 1.29 is 19.3 Å². The van der Waals surface area contributed by atoms with Crippen molar-refractivity contribution in [1.82, 2.24) is 19.5 Å². The van der Waals surface area contributed by atoms with Crippen molar-refractivity contribution in [3.05, 3.63) is 42.2 Å². The number of benzene rings is 1. The van der Waals surface area contributed by atoms with Crippen LogP contribution >= 0.6 is 0 Å². The first-order chi connectivity index (χ1) is 14.7. The number of nitrogens with two attached hydrogens (primary N) is 1. The smallest absolute Gasteiger partial charge is 0.247 e. The molecular formula is C21H27N5O4. The number of hydrogen-bond donors (Lipinski definition) is 2. The maximum atomic E-state index is 10.6. The van der Waals surface area contributed by atoms with Crippen LogP contribution in [0.3, 0.4) is 0 Å². The van der Waals surface area contributed by atoms with Gasteiger partial charge in [-0.05, 0) is 18.4 Å². The second kappa shape index (κ2) is 9.38. The highest BCUT2D eigenvalue weighted by Crippen LogP contribution is 2.37. The minimum atomic E-state index is -0.445. The third-order valence-electron chi connectivity index (χ3n) is 5.40. The van der Waals surface area contributed by atoms with Gasteiger partial charge in [-0.25, -0.2) is 4.98 Å². The van der Waals surface area contributed by atoms with E-state index in [9.17, 15) is 5.11 Å². The fraction of sp³-hybridized carbons (Fsp3) is 0.476. The lowest BCUT2D eigenvalue weighted by atomic mass is 10.1. The predicted molar refractivity (Wildman–Crippen MR) is 111 cm³/mol. The van der Waals surface area contributed by atoms with Crippen LogP contribution < -0.4 is 10.5 Å². The van der Waals surface area contributed by atoms with E-state index in [1.54, 1.807) is 13.4 Å². The zero-order valence-corrected chi connectivity index (χ0v) is 17.0. The van der Waals surface area contributed by atoms with Crippen LogP contribution in [0.1, 0.15) is 24.4 Å². The summed E-state index contributed by atoms with van der Waals surface area (Å²) in [5.74, 6) is 0.514. The minimum absolute atomic E-state index is 0.0489. The average Bonchev–Trinajstić information content (AvgIpc) is 3.32. The molecule has 0 spiro atoms. The Morgan fingerprint density at radius 1 is 1.17 bits per heavy atom. The molecule has 3 aromatic rings. The van der Waals surface area contributed by atoms with Crippen molar-refractivity contribution in [2.24, 2.45) is 5.92 Å². The number of nitrogens with zero attached hydrogens (tertiary/aromatic N) is 4. The number of anilines is 1.